The van der Waals surface area contributed by atoms with Crippen LogP contribution in [0.15, 0.2) is 6.07 Å². The molecule has 4 rings (SSSR count). The van der Waals surface area contributed by atoms with Crippen molar-refractivity contribution in [2.45, 2.75) is 45.3 Å². The van der Waals surface area contributed by atoms with Crippen molar-refractivity contribution in [2.24, 2.45) is 11.7 Å². The normalized spacial score (nSPS) is 20.5. The number of carbonyl (C=O) groups excluding carboxylic acids is 2. The maximum atomic E-state index is 15.4. The van der Waals surface area contributed by atoms with Gasteiger partial charge in [-0.3, -0.25) is 9.59 Å². The Labute approximate surface area is 188 Å². The van der Waals surface area contributed by atoms with Crippen molar-refractivity contribution in [1.29, 1.82) is 0 Å². The summed E-state index contributed by atoms with van der Waals surface area (Å²) in [5.74, 6) is 3.41. The molecule has 3 heterocycles. The van der Waals surface area contributed by atoms with E-state index < -0.39 is 30.0 Å². The van der Waals surface area contributed by atoms with Gasteiger partial charge < -0.3 is 20.5 Å². The van der Waals surface area contributed by atoms with Crippen molar-refractivity contribution in [1.82, 2.24) is 9.88 Å². The number of aryl methyl sites for hydroxylation is 1. The third kappa shape index (κ3) is 4.01. The van der Waals surface area contributed by atoms with Crippen molar-refractivity contribution >= 4 is 28.4 Å². The number of fused-ring (bicyclic) bond motifs is 2. The van der Waals surface area contributed by atoms with E-state index in [1.165, 1.54) is 6.92 Å². The molecule has 1 aromatic carbocycles. The minimum atomic E-state index is -4.68. The second-order valence-corrected chi connectivity index (χ2v) is 8.63. The summed E-state index contributed by atoms with van der Waals surface area (Å²) in [6.45, 7) is 4.09. The number of carbonyl (C=O) groups is 2. The number of alkyl halides is 3. The van der Waals surface area contributed by atoms with E-state index in [4.69, 9.17) is 5.73 Å². The summed E-state index contributed by atoms with van der Waals surface area (Å²) < 4.78 is 56.4. The Morgan fingerprint density at radius 1 is 1.30 bits per heavy atom. The van der Waals surface area contributed by atoms with Crippen LogP contribution in [0.2, 0.25) is 0 Å². The molecule has 2 unspecified atom stereocenters. The lowest BCUT2D eigenvalue weighted by Gasteiger charge is -2.35. The summed E-state index contributed by atoms with van der Waals surface area (Å²) in [4.78, 5) is 29.7. The number of amides is 2. The van der Waals surface area contributed by atoms with Crippen molar-refractivity contribution < 1.29 is 27.2 Å². The van der Waals surface area contributed by atoms with Crippen LogP contribution in [-0.4, -0.2) is 47.4 Å². The minimum Gasteiger partial charge on any atom is -0.369 e. The number of hydrogen-bond donors (Lipinski definition) is 2. The van der Waals surface area contributed by atoms with Gasteiger partial charge in [0.25, 0.3) is 5.91 Å². The minimum absolute atomic E-state index is 0.0471. The van der Waals surface area contributed by atoms with Gasteiger partial charge in [-0.15, -0.1) is 0 Å². The highest BCUT2D eigenvalue weighted by Crippen LogP contribution is 2.44. The summed E-state index contributed by atoms with van der Waals surface area (Å²) >= 11 is 0. The molecular weight excluding hydrogens is 440 g/mol. The summed E-state index contributed by atoms with van der Waals surface area (Å²) in [7, 11) is 0. The van der Waals surface area contributed by atoms with E-state index in [9.17, 15) is 22.8 Å². The van der Waals surface area contributed by atoms with Crippen molar-refractivity contribution in [3.8, 4) is 11.8 Å². The van der Waals surface area contributed by atoms with Gasteiger partial charge in [0.2, 0.25) is 5.91 Å². The summed E-state index contributed by atoms with van der Waals surface area (Å²) in [5, 5.41) is 0.0865. The number of piperidine rings is 1. The van der Waals surface area contributed by atoms with Gasteiger partial charge in [-0.1, -0.05) is 5.92 Å². The fourth-order valence-electron chi connectivity index (χ4n) is 5.26. The number of nitrogens with two attached hydrogens (primary N) is 1. The maximum absolute atomic E-state index is 15.4. The molecule has 0 aliphatic carbocycles. The number of hydrogen-bond acceptors (Lipinski definition) is 3. The maximum Gasteiger partial charge on any atom is 0.431 e. The molecule has 0 saturated carbocycles. The average molecular weight is 464 g/mol. The zero-order valence-electron chi connectivity index (χ0n) is 18.3. The first-order valence-corrected chi connectivity index (χ1v) is 10.7. The van der Waals surface area contributed by atoms with E-state index in [1.54, 1.807) is 16.7 Å². The Morgan fingerprint density at radius 3 is 2.67 bits per heavy atom. The quantitative estimate of drug-likeness (QED) is 0.541. The topological polar surface area (TPSA) is 82.4 Å². The Bertz CT molecular complexity index is 1190. The Hall–Kier alpha value is -3.22. The van der Waals surface area contributed by atoms with Gasteiger partial charge in [-0.05, 0) is 55.7 Å². The highest BCUT2D eigenvalue weighted by molar-refractivity contribution is 6.00. The Kier molecular flexibility index (Phi) is 5.76. The van der Waals surface area contributed by atoms with Gasteiger partial charge in [0, 0.05) is 25.0 Å². The summed E-state index contributed by atoms with van der Waals surface area (Å²) in [5.41, 5.74) is 4.29. The number of primary amides is 1. The SMILES string of the molecule is CC#CC(=O)N1CCCC2CN(c3c(F)cc(CC(N)=O)c4[nH]c(C(F)(F)F)c(C)c34)CC21. The monoisotopic (exact) mass is 464 g/mol. The second-order valence-electron chi connectivity index (χ2n) is 8.63. The number of aromatic amines is 1. The van der Waals surface area contributed by atoms with E-state index in [1.807, 2.05) is 0 Å². The predicted octanol–water partition coefficient (Wildman–Crippen LogP) is 3.11. The zero-order valence-corrected chi connectivity index (χ0v) is 18.3. The van der Waals surface area contributed by atoms with E-state index in [0.717, 1.165) is 18.9 Å². The lowest BCUT2D eigenvalue weighted by Crippen LogP contribution is -2.48. The molecule has 10 heteroatoms. The highest BCUT2D eigenvalue weighted by atomic mass is 19.4. The summed E-state index contributed by atoms with van der Waals surface area (Å²) in [6, 6.07) is 0.875. The zero-order chi connectivity index (χ0) is 24.1. The number of anilines is 1. The molecule has 0 spiro atoms. The van der Waals surface area contributed by atoms with Crippen molar-refractivity contribution in [3.05, 3.63) is 28.7 Å². The molecule has 0 bridgehead atoms. The molecule has 2 saturated heterocycles. The molecule has 2 aliphatic rings. The van der Waals surface area contributed by atoms with Crippen molar-refractivity contribution in [3.63, 3.8) is 0 Å². The van der Waals surface area contributed by atoms with Crippen LogP contribution in [0.4, 0.5) is 23.2 Å². The molecule has 3 N–H and O–H groups in total. The third-order valence-electron chi connectivity index (χ3n) is 6.57. The fourth-order valence-corrected chi connectivity index (χ4v) is 5.26. The number of rotatable bonds is 3. The first kappa shape index (κ1) is 23.0. The third-order valence-corrected chi connectivity index (χ3v) is 6.57. The van der Waals surface area contributed by atoms with Gasteiger partial charge in [-0.2, -0.15) is 13.2 Å². The molecule has 33 heavy (non-hydrogen) atoms. The smallest absolute Gasteiger partial charge is 0.369 e. The molecular formula is C23H24F4N4O2. The molecule has 176 valence electrons. The number of benzene rings is 1. The molecule has 6 nitrogen and oxygen atoms in total. The van der Waals surface area contributed by atoms with Crippen molar-refractivity contribution in [2.75, 3.05) is 24.5 Å². The molecule has 2 aromatic rings. The molecule has 2 aliphatic heterocycles. The molecule has 2 atom stereocenters. The van der Waals surface area contributed by atoms with Crippen LogP contribution < -0.4 is 10.6 Å². The van der Waals surface area contributed by atoms with Crippen LogP contribution >= 0.6 is 0 Å². The van der Waals surface area contributed by atoms with Gasteiger partial charge in [0.15, 0.2) is 0 Å². The number of H-pyrrole nitrogens is 1. The number of nitrogens with one attached hydrogen (secondary N) is 1. The van der Waals surface area contributed by atoms with Crippen LogP contribution in [0.25, 0.3) is 10.9 Å². The van der Waals surface area contributed by atoms with E-state index in [2.05, 4.69) is 16.8 Å². The molecule has 2 fully saturated rings. The first-order chi connectivity index (χ1) is 15.5. The molecule has 1 aromatic heterocycles. The van der Waals surface area contributed by atoms with E-state index >= 15 is 4.39 Å². The Balaban J connectivity index is 1.83. The van der Waals surface area contributed by atoms with Crippen LogP contribution in [0, 0.1) is 30.5 Å². The van der Waals surface area contributed by atoms with Crippen LogP contribution in [0.1, 0.15) is 36.6 Å². The van der Waals surface area contributed by atoms with Gasteiger partial charge >= 0.3 is 6.18 Å². The number of likely N-dealkylation sites (tertiary alicyclic amines) is 1. The number of nitrogens with zero attached hydrogens (tertiary/aromatic N) is 2. The van der Waals surface area contributed by atoms with Gasteiger partial charge in [0.05, 0.1) is 23.7 Å². The predicted molar refractivity (Wildman–Crippen MR) is 115 cm³/mol. The van der Waals surface area contributed by atoms with Gasteiger partial charge in [-0.25, -0.2) is 4.39 Å². The standard InChI is InChI=1S/C23H24F4N4O2/c1-3-5-18(33)31-7-4-6-13-10-30(11-16(13)31)21-15(24)8-14(9-17(28)32)20-19(21)12(2)22(29-20)23(25,26)27/h8,13,16,29H,4,6-7,9-11H2,1-2H3,(H2,28,32). The molecule has 2 amide bonds. The average Bonchev–Trinajstić information content (AvgIpc) is 3.29. The van der Waals surface area contributed by atoms with E-state index in [-0.39, 0.29) is 52.1 Å². The van der Waals surface area contributed by atoms with Crippen LogP contribution in [-0.2, 0) is 22.2 Å². The Morgan fingerprint density at radius 2 is 2.03 bits per heavy atom. The van der Waals surface area contributed by atoms with E-state index in [0.29, 0.717) is 13.1 Å². The first-order valence-electron chi connectivity index (χ1n) is 10.7. The van der Waals surface area contributed by atoms with Gasteiger partial charge in [0.1, 0.15) is 11.5 Å². The lowest BCUT2D eigenvalue weighted by atomic mass is 9.92. The fraction of sp³-hybridized carbons (Fsp3) is 0.478. The number of halogens is 4. The highest BCUT2D eigenvalue weighted by Gasteiger charge is 2.43. The number of aromatic nitrogens is 1. The van der Waals surface area contributed by atoms with Crippen LogP contribution in [0.5, 0.6) is 0 Å². The van der Waals surface area contributed by atoms with Crippen LogP contribution in [0.3, 0.4) is 0 Å². The largest absolute Gasteiger partial charge is 0.431 e. The molecule has 0 radical (unpaired) electrons. The lowest BCUT2D eigenvalue weighted by molar-refractivity contribution is -0.141. The summed E-state index contributed by atoms with van der Waals surface area (Å²) in [6.07, 6.45) is -3.46. The second kappa shape index (κ2) is 8.28.